The summed E-state index contributed by atoms with van der Waals surface area (Å²) in [5.41, 5.74) is 1.07. The van der Waals surface area contributed by atoms with E-state index in [0.717, 1.165) is 5.56 Å². The number of benzene rings is 1. The molecule has 100 valence electrons. The molecule has 1 aromatic rings. The number of hydrogen-bond acceptors (Lipinski definition) is 4. The number of nitrogens with one attached hydrogen (secondary N) is 1. The second kappa shape index (κ2) is 6.00. The highest BCUT2D eigenvalue weighted by molar-refractivity contribution is 7.79. The molecule has 1 N–H and O–H groups in total. The Balaban J connectivity index is 2.81. The Morgan fingerprint density at radius 2 is 2.06 bits per heavy atom. The third kappa shape index (κ3) is 4.49. The zero-order chi connectivity index (χ0) is 13.8. The van der Waals surface area contributed by atoms with Crippen LogP contribution in [0.4, 0.5) is 10.5 Å². The Labute approximate surface area is 113 Å². The molecule has 0 atom stereocenters. The van der Waals surface area contributed by atoms with Crippen LogP contribution < -0.4 is 10.1 Å². The van der Waals surface area contributed by atoms with Gasteiger partial charge in [0, 0.05) is 5.75 Å². The number of hydrogen-bond donors (Lipinski definition) is 2. The zero-order valence-corrected chi connectivity index (χ0v) is 12.0. The molecule has 18 heavy (non-hydrogen) atoms. The van der Waals surface area contributed by atoms with E-state index in [0.29, 0.717) is 17.2 Å². The molecule has 4 nitrogen and oxygen atoms in total. The highest BCUT2D eigenvalue weighted by atomic mass is 32.1. The van der Waals surface area contributed by atoms with Crippen LogP contribution in [0.25, 0.3) is 0 Å². The molecule has 0 spiro atoms. The predicted molar refractivity (Wildman–Crippen MR) is 75.5 cm³/mol. The largest absolute Gasteiger partial charge is 0.495 e. The van der Waals surface area contributed by atoms with Crippen LogP contribution in [0.2, 0.25) is 0 Å². The zero-order valence-electron chi connectivity index (χ0n) is 11.1. The van der Waals surface area contributed by atoms with Crippen LogP contribution in [-0.2, 0) is 10.5 Å². The maximum absolute atomic E-state index is 11.6. The molecule has 1 amide bonds. The summed E-state index contributed by atoms with van der Waals surface area (Å²) in [5.74, 6) is 1.20. The van der Waals surface area contributed by atoms with Crippen LogP contribution in [0.15, 0.2) is 18.2 Å². The number of carbonyl (C=O) groups excluding carboxylic acids is 1. The van der Waals surface area contributed by atoms with Gasteiger partial charge in [-0.25, -0.2) is 4.79 Å². The van der Waals surface area contributed by atoms with Crippen molar-refractivity contribution in [1.82, 2.24) is 0 Å². The van der Waals surface area contributed by atoms with Gasteiger partial charge in [-0.05, 0) is 38.5 Å². The van der Waals surface area contributed by atoms with Gasteiger partial charge in [0.15, 0.2) is 0 Å². The van der Waals surface area contributed by atoms with Crippen molar-refractivity contribution in [3.63, 3.8) is 0 Å². The quantitative estimate of drug-likeness (QED) is 0.826. The van der Waals surface area contributed by atoms with Crippen molar-refractivity contribution >= 4 is 24.4 Å². The third-order valence-corrected chi connectivity index (χ3v) is 2.45. The number of anilines is 1. The molecule has 0 saturated carbocycles. The van der Waals surface area contributed by atoms with E-state index in [1.165, 1.54) is 0 Å². The van der Waals surface area contributed by atoms with E-state index in [9.17, 15) is 4.79 Å². The lowest BCUT2D eigenvalue weighted by atomic mass is 10.2. The van der Waals surface area contributed by atoms with Crippen molar-refractivity contribution in [3.8, 4) is 5.75 Å². The normalized spacial score (nSPS) is 10.9. The first-order valence-corrected chi connectivity index (χ1v) is 6.27. The van der Waals surface area contributed by atoms with Crippen LogP contribution in [0, 0.1) is 0 Å². The third-order valence-electron chi connectivity index (χ3n) is 2.08. The van der Waals surface area contributed by atoms with Crippen molar-refractivity contribution in [2.75, 3.05) is 12.4 Å². The van der Waals surface area contributed by atoms with Crippen LogP contribution in [0.3, 0.4) is 0 Å². The molecular formula is C13H19NO3S. The summed E-state index contributed by atoms with van der Waals surface area (Å²) in [4.78, 5) is 11.6. The Morgan fingerprint density at radius 3 is 2.56 bits per heavy atom. The Hall–Kier alpha value is -1.36. The fourth-order valence-electron chi connectivity index (χ4n) is 1.35. The molecule has 0 aliphatic rings. The molecule has 0 fully saturated rings. The SMILES string of the molecule is COc1cc(CS)ccc1NC(=O)OC(C)(C)C. The number of rotatable bonds is 3. The molecule has 0 radical (unpaired) electrons. The van der Waals surface area contributed by atoms with Gasteiger partial charge < -0.3 is 9.47 Å². The molecule has 0 aliphatic carbocycles. The van der Waals surface area contributed by atoms with E-state index >= 15 is 0 Å². The van der Waals surface area contributed by atoms with E-state index in [1.807, 2.05) is 32.9 Å². The smallest absolute Gasteiger partial charge is 0.412 e. The number of methoxy groups -OCH3 is 1. The summed E-state index contributed by atoms with van der Waals surface area (Å²) in [6, 6.07) is 5.48. The fourth-order valence-corrected chi connectivity index (χ4v) is 1.55. The van der Waals surface area contributed by atoms with E-state index in [2.05, 4.69) is 17.9 Å². The fraction of sp³-hybridized carbons (Fsp3) is 0.462. The van der Waals surface area contributed by atoms with E-state index in [-0.39, 0.29) is 0 Å². The van der Waals surface area contributed by atoms with Gasteiger partial charge in [-0.1, -0.05) is 6.07 Å². The lowest BCUT2D eigenvalue weighted by Gasteiger charge is -2.20. The van der Waals surface area contributed by atoms with E-state index in [4.69, 9.17) is 9.47 Å². The molecule has 1 aromatic carbocycles. The topological polar surface area (TPSA) is 47.6 Å². The van der Waals surface area contributed by atoms with Crippen molar-refractivity contribution in [1.29, 1.82) is 0 Å². The lowest BCUT2D eigenvalue weighted by molar-refractivity contribution is 0.0635. The first-order chi connectivity index (χ1) is 8.35. The average Bonchev–Trinajstić information content (AvgIpc) is 2.27. The van der Waals surface area contributed by atoms with Crippen LogP contribution >= 0.6 is 12.6 Å². The minimum absolute atomic E-state index is 0.501. The van der Waals surface area contributed by atoms with Gasteiger partial charge in [0.2, 0.25) is 0 Å². The van der Waals surface area contributed by atoms with Crippen LogP contribution in [0.1, 0.15) is 26.3 Å². The number of ether oxygens (including phenoxy) is 2. The van der Waals surface area contributed by atoms with Crippen LogP contribution in [-0.4, -0.2) is 18.8 Å². The summed E-state index contributed by atoms with van der Waals surface area (Å²) < 4.78 is 10.4. The first-order valence-electron chi connectivity index (χ1n) is 5.63. The second-order valence-corrected chi connectivity index (χ2v) is 5.14. The Bertz CT molecular complexity index is 427. The molecule has 0 unspecified atom stereocenters. The van der Waals surface area contributed by atoms with E-state index in [1.54, 1.807) is 13.2 Å². The van der Waals surface area contributed by atoms with Gasteiger partial charge in [-0.3, -0.25) is 5.32 Å². The molecule has 0 heterocycles. The standard InChI is InChI=1S/C13H19NO3S/c1-13(2,3)17-12(15)14-10-6-5-9(8-18)7-11(10)16-4/h5-7,18H,8H2,1-4H3,(H,14,15). The molecule has 1 rings (SSSR count). The van der Waals surface area contributed by atoms with Gasteiger partial charge in [0.05, 0.1) is 12.8 Å². The summed E-state index contributed by atoms with van der Waals surface area (Å²) >= 11 is 4.19. The van der Waals surface area contributed by atoms with E-state index < -0.39 is 11.7 Å². The monoisotopic (exact) mass is 269 g/mol. The molecule has 0 aromatic heterocycles. The average molecular weight is 269 g/mol. The van der Waals surface area contributed by atoms with Gasteiger partial charge in [-0.15, -0.1) is 0 Å². The predicted octanol–water partition coefficient (Wildman–Crippen LogP) is 3.47. The summed E-state index contributed by atoms with van der Waals surface area (Å²) in [7, 11) is 1.55. The van der Waals surface area contributed by atoms with Crippen molar-refractivity contribution in [3.05, 3.63) is 23.8 Å². The molecular weight excluding hydrogens is 250 g/mol. The highest BCUT2D eigenvalue weighted by Gasteiger charge is 2.17. The Kier molecular flexibility index (Phi) is 4.90. The highest BCUT2D eigenvalue weighted by Crippen LogP contribution is 2.26. The maximum Gasteiger partial charge on any atom is 0.412 e. The van der Waals surface area contributed by atoms with Crippen molar-refractivity contribution < 1.29 is 14.3 Å². The molecule has 0 saturated heterocycles. The summed E-state index contributed by atoms with van der Waals surface area (Å²) in [5, 5.41) is 2.66. The first kappa shape index (κ1) is 14.7. The van der Waals surface area contributed by atoms with Gasteiger partial charge in [0.25, 0.3) is 0 Å². The van der Waals surface area contributed by atoms with Crippen molar-refractivity contribution in [2.45, 2.75) is 32.1 Å². The van der Waals surface area contributed by atoms with Crippen LogP contribution in [0.5, 0.6) is 5.75 Å². The maximum atomic E-state index is 11.6. The lowest BCUT2D eigenvalue weighted by Crippen LogP contribution is -2.27. The number of thiol groups is 1. The minimum Gasteiger partial charge on any atom is -0.495 e. The number of amides is 1. The molecule has 0 aliphatic heterocycles. The Morgan fingerprint density at radius 1 is 1.39 bits per heavy atom. The van der Waals surface area contributed by atoms with Gasteiger partial charge in [0.1, 0.15) is 11.4 Å². The summed E-state index contributed by atoms with van der Waals surface area (Å²) in [6.07, 6.45) is -0.501. The second-order valence-electron chi connectivity index (χ2n) is 4.82. The minimum atomic E-state index is -0.525. The van der Waals surface area contributed by atoms with Gasteiger partial charge >= 0.3 is 6.09 Å². The number of carbonyl (C=O) groups is 1. The van der Waals surface area contributed by atoms with Crippen molar-refractivity contribution in [2.24, 2.45) is 0 Å². The molecule has 5 heteroatoms. The van der Waals surface area contributed by atoms with Gasteiger partial charge in [-0.2, -0.15) is 12.6 Å². The summed E-state index contributed by atoms with van der Waals surface area (Å²) in [6.45, 7) is 5.44. The molecule has 0 bridgehead atoms.